The minimum Gasteiger partial charge on any atom is -0.496 e. The summed E-state index contributed by atoms with van der Waals surface area (Å²) in [5.41, 5.74) is 2.77. The standard InChI is InChI=1S/C17H23NOS/c1-4-13-6-8-14(9-7-13)10-16(18-5-2)17-11-15(19-3)12-20-17/h6-9,11-12,16,18H,4-5,10H2,1-3H3. The van der Waals surface area contributed by atoms with Crippen molar-refractivity contribution in [2.75, 3.05) is 13.7 Å². The molecule has 3 heteroatoms. The lowest BCUT2D eigenvalue weighted by Gasteiger charge is -2.16. The van der Waals surface area contributed by atoms with Crippen LogP contribution in [0.5, 0.6) is 5.75 Å². The van der Waals surface area contributed by atoms with Crippen molar-refractivity contribution in [1.82, 2.24) is 5.32 Å². The lowest BCUT2D eigenvalue weighted by Crippen LogP contribution is -2.22. The van der Waals surface area contributed by atoms with E-state index in [2.05, 4.69) is 54.9 Å². The molecule has 0 fully saturated rings. The second-order valence-electron chi connectivity index (χ2n) is 4.87. The summed E-state index contributed by atoms with van der Waals surface area (Å²) in [5.74, 6) is 0.953. The molecule has 1 N–H and O–H groups in total. The maximum Gasteiger partial charge on any atom is 0.129 e. The summed E-state index contributed by atoms with van der Waals surface area (Å²) in [6.45, 7) is 5.31. The van der Waals surface area contributed by atoms with Crippen molar-refractivity contribution < 1.29 is 4.74 Å². The average Bonchev–Trinajstić information content (AvgIpc) is 2.96. The first-order chi connectivity index (χ1) is 9.76. The zero-order valence-corrected chi connectivity index (χ0v) is 13.3. The Hall–Kier alpha value is -1.32. The molecule has 1 atom stereocenters. The van der Waals surface area contributed by atoms with Gasteiger partial charge in [-0.2, -0.15) is 0 Å². The van der Waals surface area contributed by atoms with Gasteiger partial charge in [-0.15, -0.1) is 11.3 Å². The number of hydrogen-bond donors (Lipinski definition) is 1. The number of ether oxygens (including phenoxy) is 1. The van der Waals surface area contributed by atoms with Crippen LogP contribution >= 0.6 is 11.3 Å². The summed E-state index contributed by atoms with van der Waals surface area (Å²) in [5, 5.41) is 5.64. The zero-order chi connectivity index (χ0) is 14.4. The van der Waals surface area contributed by atoms with Gasteiger partial charge in [0.1, 0.15) is 5.75 Å². The normalized spacial score (nSPS) is 12.3. The number of likely N-dealkylation sites (N-methyl/N-ethyl adjacent to an activating group) is 1. The molecule has 0 aliphatic heterocycles. The van der Waals surface area contributed by atoms with Gasteiger partial charge in [-0.25, -0.2) is 0 Å². The van der Waals surface area contributed by atoms with Gasteiger partial charge in [0, 0.05) is 16.3 Å². The van der Waals surface area contributed by atoms with E-state index in [0.717, 1.165) is 25.1 Å². The average molecular weight is 289 g/mol. The molecule has 0 spiro atoms. The predicted octanol–water partition coefficient (Wildman–Crippen LogP) is 4.21. The van der Waals surface area contributed by atoms with Crippen LogP contribution in [-0.2, 0) is 12.8 Å². The molecule has 2 aromatic rings. The van der Waals surface area contributed by atoms with Crippen molar-refractivity contribution in [3.63, 3.8) is 0 Å². The molecular weight excluding hydrogens is 266 g/mol. The first kappa shape index (κ1) is 15.1. The number of hydrogen-bond acceptors (Lipinski definition) is 3. The van der Waals surface area contributed by atoms with Gasteiger partial charge in [-0.1, -0.05) is 38.1 Å². The number of thiophene rings is 1. The lowest BCUT2D eigenvalue weighted by atomic mass is 10.0. The van der Waals surface area contributed by atoms with Crippen molar-refractivity contribution >= 4 is 11.3 Å². The number of aryl methyl sites for hydroxylation is 1. The van der Waals surface area contributed by atoms with Gasteiger partial charge in [-0.3, -0.25) is 0 Å². The van der Waals surface area contributed by atoms with E-state index in [-0.39, 0.29) is 0 Å². The molecule has 1 aromatic heterocycles. The third kappa shape index (κ3) is 3.84. The molecule has 1 heterocycles. The van der Waals surface area contributed by atoms with Crippen molar-refractivity contribution in [1.29, 1.82) is 0 Å². The molecule has 0 aliphatic carbocycles. The van der Waals surface area contributed by atoms with Crippen molar-refractivity contribution in [3.8, 4) is 5.75 Å². The van der Waals surface area contributed by atoms with Crippen molar-refractivity contribution in [2.45, 2.75) is 32.7 Å². The molecule has 1 aromatic carbocycles. The molecule has 0 bridgehead atoms. The van der Waals surface area contributed by atoms with Crippen LogP contribution in [0.2, 0.25) is 0 Å². The summed E-state index contributed by atoms with van der Waals surface area (Å²) in [6, 6.07) is 11.4. The SMILES string of the molecule is CCNC(Cc1ccc(CC)cc1)c1cc(OC)cs1. The first-order valence-electron chi connectivity index (χ1n) is 7.20. The van der Waals surface area contributed by atoms with Gasteiger partial charge in [0.25, 0.3) is 0 Å². The van der Waals surface area contributed by atoms with Gasteiger partial charge in [-0.05, 0) is 36.6 Å². The molecule has 1 unspecified atom stereocenters. The Bertz CT molecular complexity index is 518. The molecule has 2 rings (SSSR count). The Morgan fingerprint density at radius 2 is 1.85 bits per heavy atom. The fraction of sp³-hybridized carbons (Fsp3) is 0.412. The number of rotatable bonds is 7. The predicted molar refractivity (Wildman–Crippen MR) is 86.8 cm³/mol. The van der Waals surface area contributed by atoms with Crippen LogP contribution in [0.25, 0.3) is 0 Å². The highest BCUT2D eigenvalue weighted by Gasteiger charge is 2.14. The Kier molecular flexibility index (Phi) is 5.62. The second kappa shape index (κ2) is 7.46. The Morgan fingerprint density at radius 3 is 2.40 bits per heavy atom. The number of methoxy groups -OCH3 is 1. The smallest absolute Gasteiger partial charge is 0.129 e. The van der Waals surface area contributed by atoms with E-state index in [0.29, 0.717) is 6.04 Å². The molecule has 0 aliphatic rings. The molecule has 108 valence electrons. The first-order valence-corrected chi connectivity index (χ1v) is 8.08. The molecule has 0 radical (unpaired) electrons. The van der Waals surface area contributed by atoms with Crippen LogP contribution in [0.15, 0.2) is 35.7 Å². The monoisotopic (exact) mass is 289 g/mol. The largest absolute Gasteiger partial charge is 0.496 e. The van der Waals surface area contributed by atoms with E-state index in [1.807, 2.05) is 0 Å². The van der Waals surface area contributed by atoms with E-state index in [1.165, 1.54) is 16.0 Å². The summed E-state index contributed by atoms with van der Waals surface area (Å²) >= 11 is 1.76. The lowest BCUT2D eigenvalue weighted by molar-refractivity contribution is 0.415. The molecule has 0 amide bonds. The Morgan fingerprint density at radius 1 is 1.15 bits per heavy atom. The van der Waals surface area contributed by atoms with E-state index in [1.54, 1.807) is 18.4 Å². The van der Waals surface area contributed by atoms with Gasteiger partial charge in [0.2, 0.25) is 0 Å². The van der Waals surface area contributed by atoms with Gasteiger partial charge in [0.15, 0.2) is 0 Å². The van der Waals surface area contributed by atoms with Crippen LogP contribution in [0.4, 0.5) is 0 Å². The number of nitrogens with one attached hydrogen (secondary N) is 1. The van der Waals surface area contributed by atoms with Crippen LogP contribution in [0.3, 0.4) is 0 Å². The molecule has 0 saturated carbocycles. The quantitative estimate of drug-likeness (QED) is 0.824. The van der Waals surface area contributed by atoms with E-state index < -0.39 is 0 Å². The zero-order valence-electron chi connectivity index (χ0n) is 12.5. The minimum atomic E-state index is 0.362. The third-order valence-corrected chi connectivity index (χ3v) is 4.52. The van der Waals surface area contributed by atoms with Crippen molar-refractivity contribution in [2.24, 2.45) is 0 Å². The fourth-order valence-corrected chi connectivity index (χ4v) is 3.22. The maximum atomic E-state index is 5.29. The number of benzene rings is 1. The van der Waals surface area contributed by atoms with E-state index in [4.69, 9.17) is 4.74 Å². The molecule has 2 nitrogen and oxygen atoms in total. The van der Waals surface area contributed by atoms with Crippen LogP contribution in [0.1, 0.15) is 35.9 Å². The fourth-order valence-electron chi connectivity index (χ4n) is 2.29. The van der Waals surface area contributed by atoms with Crippen LogP contribution < -0.4 is 10.1 Å². The summed E-state index contributed by atoms with van der Waals surface area (Å²) in [6.07, 6.45) is 2.11. The van der Waals surface area contributed by atoms with Crippen molar-refractivity contribution in [3.05, 3.63) is 51.7 Å². The highest BCUT2D eigenvalue weighted by atomic mass is 32.1. The van der Waals surface area contributed by atoms with Gasteiger partial charge >= 0.3 is 0 Å². The highest BCUT2D eigenvalue weighted by Crippen LogP contribution is 2.29. The Balaban J connectivity index is 2.11. The molecule has 0 saturated heterocycles. The topological polar surface area (TPSA) is 21.3 Å². The summed E-state index contributed by atoms with van der Waals surface area (Å²) < 4.78 is 5.29. The molecule has 20 heavy (non-hydrogen) atoms. The maximum absolute atomic E-state index is 5.29. The second-order valence-corrected chi connectivity index (χ2v) is 5.82. The summed E-state index contributed by atoms with van der Waals surface area (Å²) in [4.78, 5) is 1.34. The van der Waals surface area contributed by atoms with E-state index >= 15 is 0 Å². The Labute approximate surface area is 125 Å². The van der Waals surface area contributed by atoms with Crippen LogP contribution in [-0.4, -0.2) is 13.7 Å². The van der Waals surface area contributed by atoms with Gasteiger partial charge < -0.3 is 10.1 Å². The molecular formula is C17H23NOS. The van der Waals surface area contributed by atoms with Crippen LogP contribution in [0, 0.1) is 0 Å². The highest BCUT2D eigenvalue weighted by molar-refractivity contribution is 7.10. The van der Waals surface area contributed by atoms with E-state index in [9.17, 15) is 0 Å². The third-order valence-electron chi connectivity index (χ3n) is 3.50. The summed E-state index contributed by atoms with van der Waals surface area (Å²) in [7, 11) is 1.72. The van der Waals surface area contributed by atoms with Gasteiger partial charge in [0.05, 0.1) is 7.11 Å². The minimum absolute atomic E-state index is 0.362.